The fourth-order valence-electron chi connectivity index (χ4n) is 2.23. The Morgan fingerprint density at radius 2 is 2.25 bits per heavy atom. The first-order chi connectivity index (χ1) is 7.63. The van der Waals surface area contributed by atoms with Crippen molar-refractivity contribution in [2.24, 2.45) is 5.73 Å². The molecule has 1 heterocycles. The van der Waals surface area contributed by atoms with Gasteiger partial charge in [-0.2, -0.15) is 0 Å². The zero-order valence-electron chi connectivity index (χ0n) is 9.90. The molecule has 0 saturated carbocycles. The molecule has 0 spiro atoms. The predicted molar refractivity (Wildman–Crippen MR) is 63.6 cm³/mol. The quantitative estimate of drug-likeness (QED) is 0.845. The van der Waals surface area contributed by atoms with E-state index in [9.17, 15) is 0 Å². The first-order valence-corrected chi connectivity index (χ1v) is 5.65. The number of ether oxygens (including phenoxy) is 2. The van der Waals surface area contributed by atoms with Crippen LogP contribution in [0.25, 0.3) is 0 Å². The molecule has 2 unspecified atom stereocenters. The van der Waals surface area contributed by atoms with Gasteiger partial charge in [0.15, 0.2) is 0 Å². The second-order valence-corrected chi connectivity index (χ2v) is 4.69. The van der Waals surface area contributed by atoms with E-state index in [2.05, 4.69) is 6.07 Å². The molecule has 0 saturated heterocycles. The molecule has 0 aliphatic carbocycles. The summed E-state index contributed by atoms with van der Waals surface area (Å²) in [5, 5.41) is 0. The summed E-state index contributed by atoms with van der Waals surface area (Å²) in [6, 6.07) is 8.08. The number of hydrogen-bond acceptors (Lipinski definition) is 3. The molecule has 1 aliphatic heterocycles. The second kappa shape index (κ2) is 4.44. The zero-order valence-corrected chi connectivity index (χ0v) is 9.90. The molecule has 16 heavy (non-hydrogen) atoms. The molecule has 88 valence electrons. The highest BCUT2D eigenvalue weighted by Gasteiger charge is 2.33. The van der Waals surface area contributed by atoms with Crippen LogP contribution in [0.3, 0.4) is 0 Å². The Morgan fingerprint density at radius 3 is 3.00 bits per heavy atom. The topological polar surface area (TPSA) is 44.5 Å². The van der Waals surface area contributed by atoms with Crippen LogP contribution in [0, 0.1) is 0 Å². The Bertz CT molecular complexity index is 367. The summed E-state index contributed by atoms with van der Waals surface area (Å²) in [4.78, 5) is 0. The van der Waals surface area contributed by atoms with Crippen LogP contribution in [-0.4, -0.2) is 25.4 Å². The maximum atomic E-state index is 6.35. The van der Waals surface area contributed by atoms with Crippen LogP contribution in [0.15, 0.2) is 24.3 Å². The van der Waals surface area contributed by atoms with Gasteiger partial charge in [0.25, 0.3) is 0 Å². The van der Waals surface area contributed by atoms with Crippen LogP contribution in [-0.2, 0) is 11.2 Å². The maximum Gasteiger partial charge on any atom is 0.122 e. The summed E-state index contributed by atoms with van der Waals surface area (Å²) in [6.07, 6.45) is 1.84. The smallest absolute Gasteiger partial charge is 0.122 e. The molecule has 0 aromatic heterocycles. The van der Waals surface area contributed by atoms with Gasteiger partial charge in [0.05, 0.1) is 11.6 Å². The summed E-state index contributed by atoms with van der Waals surface area (Å²) in [5.74, 6) is 0.966. The fourth-order valence-corrected chi connectivity index (χ4v) is 2.23. The van der Waals surface area contributed by atoms with Gasteiger partial charge >= 0.3 is 0 Å². The number of rotatable bonds is 3. The fraction of sp³-hybridized carbons (Fsp3) is 0.538. The van der Waals surface area contributed by atoms with Gasteiger partial charge in [-0.15, -0.1) is 0 Å². The molecule has 0 bridgehead atoms. The predicted octanol–water partition coefficient (Wildman–Crippen LogP) is 1.74. The Morgan fingerprint density at radius 1 is 1.50 bits per heavy atom. The Balaban J connectivity index is 2.11. The lowest BCUT2D eigenvalue weighted by molar-refractivity contribution is 0.0678. The van der Waals surface area contributed by atoms with Crippen molar-refractivity contribution >= 4 is 0 Å². The molecule has 2 rings (SSSR count). The Labute approximate surface area is 96.5 Å². The van der Waals surface area contributed by atoms with E-state index < -0.39 is 0 Å². The number of benzene rings is 1. The normalized spacial score (nSPS) is 25.7. The van der Waals surface area contributed by atoms with E-state index in [0.717, 1.165) is 18.6 Å². The molecular formula is C13H19NO2. The van der Waals surface area contributed by atoms with Crippen molar-refractivity contribution < 1.29 is 9.47 Å². The lowest BCUT2D eigenvalue weighted by atomic mass is 9.85. The minimum absolute atomic E-state index is 0.166. The molecule has 0 amide bonds. The van der Waals surface area contributed by atoms with Crippen molar-refractivity contribution in [1.82, 2.24) is 0 Å². The largest absolute Gasteiger partial charge is 0.491 e. The van der Waals surface area contributed by atoms with Crippen molar-refractivity contribution in [2.45, 2.75) is 31.4 Å². The third-order valence-corrected chi connectivity index (χ3v) is 3.13. The maximum absolute atomic E-state index is 6.35. The van der Waals surface area contributed by atoms with Crippen molar-refractivity contribution in [2.75, 3.05) is 13.7 Å². The van der Waals surface area contributed by atoms with Crippen LogP contribution in [0.2, 0.25) is 0 Å². The van der Waals surface area contributed by atoms with E-state index in [0.29, 0.717) is 6.61 Å². The van der Waals surface area contributed by atoms with Gasteiger partial charge in [-0.3, -0.25) is 0 Å². The first-order valence-electron chi connectivity index (χ1n) is 5.65. The summed E-state index contributed by atoms with van der Waals surface area (Å²) < 4.78 is 11.0. The molecule has 0 fully saturated rings. The molecular weight excluding hydrogens is 202 g/mol. The van der Waals surface area contributed by atoms with Crippen LogP contribution < -0.4 is 10.5 Å². The summed E-state index contributed by atoms with van der Waals surface area (Å²) in [5.41, 5.74) is 7.24. The number of para-hydroxylation sites is 1. The zero-order chi connectivity index (χ0) is 11.6. The van der Waals surface area contributed by atoms with Crippen LogP contribution >= 0.6 is 0 Å². The summed E-state index contributed by atoms with van der Waals surface area (Å²) in [6.45, 7) is 2.60. The van der Waals surface area contributed by atoms with Gasteiger partial charge < -0.3 is 15.2 Å². The van der Waals surface area contributed by atoms with Crippen LogP contribution in [0.4, 0.5) is 0 Å². The number of methoxy groups -OCH3 is 1. The highest BCUT2D eigenvalue weighted by atomic mass is 16.5. The van der Waals surface area contributed by atoms with Crippen LogP contribution in [0.1, 0.15) is 18.9 Å². The van der Waals surface area contributed by atoms with E-state index in [1.54, 1.807) is 7.11 Å². The molecule has 1 aromatic rings. The molecule has 2 atom stereocenters. The van der Waals surface area contributed by atoms with E-state index in [1.807, 2.05) is 25.1 Å². The van der Waals surface area contributed by atoms with Crippen molar-refractivity contribution in [3.05, 3.63) is 29.8 Å². The molecule has 3 nitrogen and oxygen atoms in total. The minimum Gasteiger partial charge on any atom is -0.491 e. The Hall–Kier alpha value is -1.06. The summed E-state index contributed by atoms with van der Waals surface area (Å²) >= 11 is 0. The average Bonchev–Trinajstić information content (AvgIpc) is 2.28. The highest BCUT2D eigenvalue weighted by molar-refractivity contribution is 5.36. The van der Waals surface area contributed by atoms with E-state index >= 15 is 0 Å². The average molecular weight is 221 g/mol. The SMILES string of the molecule is COC(C)CC1(N)COc2ccccc2C1. The molecule has 2 N–H and O–H groups in total. The standard InChI is InChI=1S/C13H19NO2/c1-10(15-2)7-13(14)8-11-5-3-4-6-12(11)16-9-13/h3-6,10H,7-9,14H2,1-2H3. The van der Waals surface area contributed by atoms with E-state index in [4.69, 9.17) is 15.2 Å². The van der Waals surface area contributed by atoms with E-state index in [1.165, 1.54) is 5.56 Å². The Kier molecular flexibility index (Phi) is 3.17. The van der Waals surface area contributed by atoms with Gasteiger partial charge in [-0.25, -0.2) is 0 Å². The first kappa shape index (κ1) is 11.4. The molecule has 1 aliphatic rings. The number of nitrogens with two attached hydrogens (primary N) is 1. The third-order valence-electron chi connectivity index (χ3n) is 3.13. The lowest BCUT2D eigenvalue weighted by Gasteiger charge is -2.36. The number of hydrogen-bond donors (Lipinski definition) is 1. The highest BCUT2D eigenvalue weighted by Crippen LogP contribution is 2.30. The van der Waals surface area contributed by atoms with Gasteiger partial charge in [0, 0.05) is 7.11 Å². The molecule has 1 aromatic carbocycles. The number of fused-ring (bicyclic) bond motifs is 1. The third kappa shape index (κ3) is 2.36. The van der Waals surface area contributed by atoms with Crippen molar-refractivity contribution in [3.8, 4) is 5.75 Å². The van der Waals surface area contributed by atoms with E-state index in [-0.39, 0.29) is 11.6 Å². The monoisotopic (exact) mass is 221 g/mol. The van der Waals surface area contributed by atoms with Crippen molar-refractivity contribution in [1.29, 1.82) is 0 Å². The minimum atomic E-state index is -0.302. The molecule has 0 radical (unpaired) electrons. The van der Waals surface area contributed by atoms with Gasteiger partial charge in [0.1, 0.15) is 12.4 Å². The lowest BCUT2D eigenvalue weighted by Crippen LogP contribution is -2.51. The van der Waals surface area contributed by atoms with Gasteiger partial charge in [-0.05, 0) is 31.4 Å². The van der Waals surface area contributed by atoms with Gasteiger partial charge in [-0.1, -0.05) is 18.2 Å². The molecule has 3 heteroatoms. The summed E-state index contributed by atoms with van der Waals surface area (Å²) in [7, 11) is 1.71. The second-order valence-electron chi connectivity index (χ2n) is 4.69. The van der Waals surface area contributed by atoms with Crippen molar-refractivity contribution in [3.63, 3.8) is 0 Å². The van der Waals surface area contributed by atoms with Crippen LogP contribution in [0.5, 0.6) is 5.75 Å². The van der Waals surface area contributed by atoms with Gasteiger partial charge in [0.2, 0.25) is 0 Å².